The Morgan fingerprint density at radius 3 is 2.67 bits per heavy atom. The molecule has 8 heteroatoms. The molecule has 1 saturated heterocycles. The molecule has 0 amide bonds. The van der Waals surface area contributed by atoms with Gasteiger partial charge in [-0.1, -0.05) is 6.07 Å². The number of aromatic hydroxyl groups is 1. The normalized spacial score (nSPS) is 19.6. The zero-order valence-electron chi connectivity index (χ0n) is 14.7. The average molecular weight is 371 g/mol. The van der Waals surface area contributed by atoms with Gasteiger partial charge in [0, 0.05) is 17.4 Å². The average Bonchev–Trinajstić information content (AvgIpc) is 3.20. The fourth-order valence-corrected chi connectivity index (χ4v) is 3.21. The topological polar surface area (TPSA) is 117 Å². The summed E-state index contributed by atoms with van der Waals surface area (Å²) >= 11 is 0. The van der Waals surface area contributed by atoms with Crippen molar-refractivity contribution in [3.63, 3.8) is 0 Å². The summed E-state index contributed by atoms with van der Waals surface area (Å²) in [6, 6.07) is 6.21. The molecule has 4 rings (SSSR count). The molecule has 0 bridgehead atoms. The van der Waals surface area contributed by atoms with Crippen molar-refractivity contribution in [2.24, 2.45) is 0 Å². The maximum atomic E-state index is 11.9. The predicted molar refractivity (Wildman–Crippen MR) is 94.1 cm³/mol. The maximum absolute atomic E-state index is 11.9. The maximum Gasteiger partial charge on any atom is 0.369 e. The quantitative estimate of drug-likeness (QED) is 0.524. The first-order valence-corrected chi connectivity index (χ1v) is 8.40. The van der Waals surface area contributed by atoms with Crippen LogP contribution >= 0.6 is 0 Å². The van der Waals surface area contributed by atoms with E-state index < -0.39 is 17.6 Å². The van der Waals surface area contributed by atoms with Gasteiger partial charge < -0.3 is 28.9 Å². The van der Waals surface area contributed by atoms with E-state index in [0.29, 0.717) is 16.9 Å². The Labute approximate surface area is 153 Å². The largest absolute Gasteiger partial charge is 0.631 e. The number of quaternary nitrogens is 1. The second kappa shape index (κ2) is 6.26. The molecular weight excluding hydrogens is 354 g/mol. The number of carbonyl (C=O) groups excluding carboxylic acids is 1. The van der Waals surface area contributed by atoms with Crippen LogP contribution in [-0.2, 0) is 16.0 Å². The van der Waals surface area contributed by atoms with Crippen LogP contribution in [0, 0.1) is 19.1 Å². The van der Waals surface area contributed by atoms with Crippen molar-refractivity contribution in [3.8, 4) is 17.3 Å². The number of esters is 1. The van der Waals surface area contributed by atoms with Crippen LogP contribution in [0.3, 0.4) is 0 Å². The number of hydrogen-bond acceptors (Lipinski definition) is 7. The van der Waals surface area contributed by atoms with Crippen LogP contribution in [0.25, 0.3) is 22.5 Å². The summed E-state index contributed by atoms with van der Waals surface area (Å²) < 4.78 is 15.8. The summed E-state index contributed by atoms with van der Waals surface area (Å²) in [5.74, 6) is -0.153. The minimum absolute atomic E-state index is 0.124. The summed E-state index contributed by atoms with van der Waals surface area (Å²) in [6.07, 6.45) is 0.257. The van der Waals surface area contributed by atoms with E-state index in [4.69, 9.17) is 13.6 Å². The first-order valence-electron chi connectivity index (χ1n) is 8.40. The van der Waals surface area contributed by atoms with E-state index in [1.807, 2.05) is 6.07 Å². The van der Waals surface area contributed by atoms with E-state index in [9.17, 15) is 19.9 Å². The van der Waals surface area contributed by atoms with Crippen LogP contribution in [0.15, 0.2) is 37.9 Å². The van der Waals surface area contributed by atoms with Crippen molar-refractivity contribution < 1.29 is 28.5 Å². The van der Waals surface area contributed by atoms with Crippen LogP contribution < -0.4 is 10.7 Å². The molecule has 2 atom stereocenters. The van der Waals surface area contributed by atoms with E-state index in [0.717, 1.165) is 10.9 Å². The van der Waals surface area contributed by atoms with Gasteiger partial charge in [0.15, 0.2) is 17.6 Å². The van der Waals surface area contributed by atoms with Gasteiger partial charge in [0.05, 0.1) is 5.56 Å². The molecule has 140 valence electrons. The lowest BCUT2D eigenvalue weighted by molar-refractivity contribution is -0.867. The molecule has 1 aromatic carbocycles. The molecule has 27 heavy (non-hydrogen) atoms. The number of hydroxylamine groups is 2. The van der Waals surface area contributed by atoms with E-state index in [1.54, 1.807) is 25.1 Å². The Kier molecular flexibility index (Phi) is 4.01. The van der Waals surface area contributed by atoms with Gasteiger partial charge in [-0.25, -0.2) is 9.59 Å². The lowest BCUT2D eigenvalue weighted by atomic mass is 10.0. The van der Waals surface area contributed by atoms with Crippen molar-refractivity contribution in [1.82, 2.24) is 0 Å². The molecule has 1 aliphatic heterocycles. The zero-order chi connectivity index (χ0) is 19.3. The molecule has 2 N–H and O–H groups in total. The summed E-state index contributed by atoms with van der Waals surface area (Å²) in [4.78, 5) is 23.5. The highest BCUT2D eigenvalue weighted by molar-refractivity contribution is 5.83. The van der Waals surface area contributed by atoms with Crippen LogP contribution in [0.1, 0.15) is 16.7 Å². The third kappa shape index (κ3) is 2.88. The SMILES string of the molecule is Cc1c(-c2cc3cc(CC4C(=O)OC[NH+]4[O-])ccc3o2)oc(=O)c(C)c1O. The van der Waals surface area contributed by atoms with Gasteiger partial charge >= 0.3 is 11.6 Å². The third-order valence-corrected chi connectivity index (χ3v) is 4.83. The highest BCUT2D eigenvalue weighted by Crippen LogP contribution is 2.33. The van der Waals surface area contributed by atoms with Crippen molar-refractivity contribution in [2.75, 3.05) is 6.73 Å². The Morgan fingerprint density at radius 1 is 1.19 bits per heavy atom. The number of cyclic esters (lactones) is 1. The molecule has 2 unspecified atom stereocenters. The second-order valence-corrected chi connectivity index (χ2v) is 6.63. The summed E-state index contributed by atoms with van der Waals surface area (Å²) in [5.41, 5.74) is 1.26. The second-order valence-electron chi connectivity index (χ2n) is 6.63. The van der Waals surface area contributed by atoms with Gasteiger partial charge in [0.25, 0.3) is 0 Å². The molecule has 3 heterocycles. The number of hydrogen-bond donors (Lipinski definition) is 2. The number of ether oxygens (including phenoxy) is 1. The number of fused-ring (bicyclic) bond motifs is 1. The summed E-state index contributed by atoms with van der Waals surface area (Å²) in [5, 5.41) is 22.3. The molecule has 1 aliphatic rings. The standard InChI is InChI=1S/C19H17NO7/c1-9-16(21)10(2)18(22)27-17(9)15-7-12-5-11(3-4-14(12)26-15)6-13-19(23)25-8-20(13)24/h3-5,7,13,20-21H,6,8H2,1-2H3. The Morgan fingerprint density at radius 2 is 1.96 bits per heavy atom. The number of carbonyl (C=O) groups is 1. The fraction of sp³-hybridized carbons (Fsp3) is 0.263. The molecule has 0 radical (unpaired) electrons. The Hall–Kier alpha value is -3.10. The third-order valence-electron chi connectivity index (χ3n) is 4.83. The molecule has 0 saturated carbocycles. The molecule has 0 spiro atoms. The summed E-state index contributed by atoms with van der Waals surface area (Å²) in [6.45, 7) is 2.95. The number of nitrogens with one attached hydrogen (secondary N) is 1. The van der Waals surface area contributed by atoms with Gasteiger partial charge in [0.2, 0.25) is 6.73 Å². The highest BCUT2D eigenvalue weighted by atomic mass is 16.6. The molecule has 3 aromatic rings. The zero-order valence-corrected chi connectivity index (χ0v) is 14.7. The first-order chi connectivity index (χ1) is 12.8. The minimum Gasteiger partial charge on any atom is -0.631 e. The Balaban J connectivity index is 1.72. The monoisotopic (exact) mass is 371 g/mol. The molecule has 2 aromatic heterocycles. The lowest BCUT2D eigenvalue weighted by Crippen LogP contribution is -3.09. The van der Waals surface area contributed by atoms with E-state index in [1.165, 1.54) is 6.92 Å². The lowest BCUT2D eigenvalue weighted by Gasteiger charge is -2.18. The highest BCUT2D eigenvalue weighted by Gasteiger charge is 2.34. The smallest absolute Gasteiger partial charge is 0.369 e. The van der Waals surface area contributed by atoms with Gasteiger partial charge in [-0.15, -0.1) is 0 Å². The molecule has 0 aliphatic carbocycles. The van der Waals surface area contributed by atoms with E-state index in [-0.39, 0.29) is 35.3 Å². The van der Waals surface area contributed by atoms with Gasteiger partial charge in [-0.2, -0.15) is 0 Å². The minimum atomic E-state index is -0.775. The fourth-order valence-electron chi connectivity index (χ4n) is 3.21. The molecule has 8 nitrogen and oxygen atoms in total. The van der Waals surface area contributed by atoms with E-state index in [2.05, 4.69) is 0 Å². The van der Waals surface area contributed by atoms with Gasteiger partial charge in [-0.3, -0.25) is 0 Å². The van der Waals surface area contributed by atoms with Crippen LogP contribution in [-0.4, -0.2) is 23.8 Å². The first kappa shape index (κ1) is 17.3. The van der Waals surface area contributed by atoms with Crippen LogP contribution in [0.5, 0.6) is 5.75 Å². The molecule has 1 fully saturated rings. The number of rotatable bonds is 3. The van der Waals surface area contributed by atoms with Crippen molar-refractivity contribution in [3.05, 3.63) is 56.6 Å². The van der Waals surface area contributed by atoms with Crippen molar-refractivity contribution in [2.45, 2.75) is 26.3 Å². The predicted octanol–water partition coefficient (Wildman–Crippen LogP) is 1.18. The number of benzene rings is 1. The van der Waals surface area contributed by atoms with Crippen molar-refractivity contribution in [1.29, 1.82) is 0 Å². The Bertz CT molecular complexity index is 1110. The molecular formula is C19H17NO7. The van der Waals surface area contributed by atoms with Crippen LogP contribution in [0.2, 0.25) is 0 Å². The summed E-state index contributed by atoms with van der Waals surface area (Å²) in [7, 11) is 0. The van der Waals surface area contributed by atoms with Gasteiger partial charge in [-0.05, 0) is 37.6 Å². The van der Waals surface area contributed by atoms with Crippen molar-refractivity contribution >= 4 is 16.9 Å². The van der Waals surface area contributed by atoms with Gasteiger partial charge in [0.1, 0.15) is 11.3 Å². The number of furan rings is 1. The van der Waals surface area contributed by atoms with Crippen LogP contribution in [0.4, 0.5) is 0 Å². The van der Waals surface area contributed by atoms with E-state index >= 15 is 0 Å².